The van der Waals surface area contributed by atoms with Gasteiger partial charge in [-0.15, -0.1) is 10.2 Å². The van der Waals surface area contributed by atoms with Crippen LogP contribution >= 0.6 is 34.5 Å². The zero-order chi connectivity index (χ0) is 12.4. The van der Waals surface area contributed by atoms with Crippen LogP contribution in [-0.2, 0) is 0 Å². The summed E-state index contributed by atoms with van der Waals surface area (Å²) in [5.74, 6) is -0.353. The summed E-state index contributed by atoms with van der Waals surface area (Å²) in [6.07, 6.45) is 0. The van der Waals surface area contributed by atoms with Crippen molar-refractivity contribution >= 4 is 45.6 Å². The topological polar surface area (TPSA) is 54.9 Å². The van der Waals surface area contributed by atoms with Gasteiger partial charge in [-0.2, -0.15) is 0 Å². The lowest BCUT2D eigenvalue weighted by Crippen LogP contribution is -2.12. The van der Waals surface area contributed by atoms with E-state index in [9.17, 15) is 4.79 Å². The first-order valence-electron chi connectivity index (χ1n) is 4.63. The lowest BCUT2D eigenvalue weighted by Gasteiger charge is -2.03. The molecule has 0 fully saturated rings. The van der Waals surface area contributed by atoms with Crippen LogP contribution in [0.1, 0.15) is 15.4 Å². The standard InChI is InChI=1S/C10H7Cl2N3OS/c1-5-14-15-10(17-5)13-9(16)7-4-6(11)2-3-8(7)12/h2-4H,1H3,(H,13,15,16). The molecule has 0 spiro atoms. The van der Waals surface area contributed by atoms with Crippen molar-refractivity contribution in [1.82, 2.24) is 10.2 Å². The molecule has 1 amide bonds. The first kappa shape index (κ1) is 12.3. The molecule has 0 saturated heterocycles. The van der Waals surface area contributed by atoms with Crippen LogP contribution in [0.4, 0.5) is 5.13 Å². The number of nitrogens with zero attached hydrogens (tertiary/aromatic N) is 2. The Labute approximate surface area is 112 Å². The van der Waals surface area contributed by atoms with Gasteiger partial charge in [0.25, 0.3) is 5.91 Å². The highest BCUT2D eigenvalue weighted by Crippen LogP contribution is 2.22. The highest BCUT2D eigenvalue weighted by molar-refractivity contribution is 7.15. The molecule has 0 atom stereocenters. The number of hydrogen-bond acceptors (Lipinski definition) is 4. The number of benzene rings is 1. The Hall–Kier alpha value is -1.17. The van der Waals surface area contributed by atoms with Crippen molar-refractivity contribution in [3.05, 3.63) is 38.8 Å². The molecule has 2 rings (SSSR count). The van der Waals surface area contributed by atoms with Gasteiger partial charge in [-0.05, 0) is 25.1 Å². The van der Waals surface area contributed by atoms with E-state index in [-0.39, 0.29) is 5.91 Å². The van der Waals surface area contributed by atoms with Crippen LogP contribution in [0.25, 0.3) is 0 Å². The smallest absolute Gasteiger partial charge is 0.259 e. The number of rotatable bonds is 2. The van der Waals surface area contributed by atoms with Gasteiger partial charge in [0.05, 0.1) is 10.6 Å². The highest BCUT2D eigenvalue weighted by atomic mass is 35.5. The van der Waals surface area contributed by atoms with E-state index >= 15 is 0 Å². The molecule has 4 nitrogen and oxygen atoms in total. The Bertz CT molecular complexity index is 570. The minimum Gasteiger partial charge on any atom is -0.296 e. The molecule has 2 aromatic rings. The van der Waals surface area contributed by atoms with E-state index in [2.05, 4.69) is 15.5 Å². The summed E-state index contributed by atoms with van der Waals surface area (Å²) in [6, 6.07) is 4.70. The fourth-order valence-electron chi connectivity index (χ4n) is 1.18. The van der Waals surface area contributed by atoms with Gasteiger partial charge in [0.15, 0.2) is 0 Å². The second-order valence-electron chi connectivity index (χ2n) is 3.20. The molecule has 0 unspecified atom stereocenters. The molecule has 0 bridgehead atoms. The zero-order valence-electron chi connectivity index (χ0n) is 8.70. The average molecular weight is 288 g/mol. The molecule has 1 aromatic carbocycles. The maximum atomic E-state index is 11.9. The number of aryl methyl sites for hydroxylation is 1. The number of nitrogens with one attached hydrogen (secondary N) is 1. The molecule has 0 aliphatic carbocycles. The quantitative estimate of drug-likeness (QED) is 0.921. The van der Waals surface area contributed by atoms with Crippen molar-refractivity contribution in [2.75, 3.05) is 5.32 Å². The van der Waals surface area contributed by atoms with Crippen molar-refractivity contribution in [1.29, 1.82) is 0 Å². The van der Waals surface area contributed by atoms with Gasteiger partial charge < -0.3 is 0 Å². The lowest BCUT2D eigenvalue weighted by atomic mass is 10.2. The number of anilines is 1. The monoisotopic (exact) mass is 287 g/mol. The summed E-state index contributed by atoms with van der Waals surface area (Å²) < 4.78 is 0. The van der Waals surface area contributed by atoms with E-state index in [1.807, 2.05) is 0 Å². The van der Waals surface area contributed by atoms with Crippen molar-refractivity contribution < 1.29 is 4.79 Å². The number of aromatic nitrogens is 2. The van der Waals surface area contributed by atoms with E-state index in [1.165, 1.54) is 17.4 Å². The fourth-order valence-corrected chi connectivity index (χ4v) is 2.15. The molecule has 7 heteroatoms. The van der Waals surface area contributed by atoms with Crippen molar-refractivity contribution in [2.24, 2.45) is 0 Å². The molecular formula is C10H7Cl2N3OS. The van der Waals surface area contributed by atoms with Gasteiger partial charge in [0.1, 0.15) is 5.01 Å². The SMILES string of the molecule is Cc1nnc(NC(=O)c2cc(Cl)ccc2Cl)s1. The van der Waals surface area contributed by atoms with Crippen molar-refractivity contribution in [2.45, 2.75) is 6.92 Å². The van der Waals surface area contributed by atoms with Crippen LogP contribution < -0.4 is 5.32 Å². The summed E-state index contributed by atoms with van der Waals surface area (Å²) in [5.41, 5.74) is 0.312. The first-order valence-corrected chi connectivity index (χ1v) is 6.20. The second kappa shape index (κ2) is 5.00. The molecule has 0 aliphatic heterocycles. The van der Waals surface area contributed by atoms with Crippen LogP contribution in [0.5, 0.6) is 0 Å². The Morgan fingerprint density at radius 3 is 2.76 bits per heavy atom. The van der Waals surface area contributed by atoms with E-state index in [4.69, 9.17) is 23.2 Å². The molecule has 0 aliphatic rings. The third-order valence-electron chi connectivity index (χ3n) is 1.92. The molecule has 88 valence electrons. The maximum Gasteiger partial charge on any atom is 0.259 e. The number of hydrogen-bond donors (Lipinski definition) is 1. The zero-order valence-corrected chi connectivity index (χ0v) is 11.0. The minimum absolute atomic E-state index is 0.312. The number of halogens is 2. The van der Waals surface area contributed by atoms with Crippen LogP contribution in [-0.4, -0.2) is 16.1 Å². The molecule has 0 saturated carbocycles. The Balaban J connectivity index is 2.22. The summed E-state index contributed by atoms with van der Waals surface area (Å²) in [6.45, 7) is 1.81. The van der Waals surface area contributed by atoms with Gasteiger partial charge in [-0.1, -0.05) is 34.5 Å². The van der Waals surface area contributed by atoms with Crippen molar-refractivity contribution in [3.8, 4) is 0 Å². The van der Waals surface area contributed by atoms with Gasteiger partial charge in [0.2, 0.25) is 5.13 Å². The average Bonchev–Trinajstić information content (AvgIpc) is 2.67. The van der Waals surface area contributed by atoms with Gasteiger partial charge in [-0.25, -0.2) is 0 Å². The predicted molar refractivity (Wildman–Crippen MR) is 69.1 cm³/mol. The van der Waals surface area contributed by atoms with Crippen LogP contribution in [0.15, 0.2) is 18.2 Å². The summed E-state index contributed by atoms with van der Waals surface area (Å²) in [4.78, 5) is 11.9. The van der Waals surface area contributed by atoms with E-state index in [1.54, 1.807) is 19.1 Å². The Kier molecular flexibility index (Phi) is 3.61. The Morgan fingerprint density at radius 2 is 2.12 bits per heavy atom. The molecular weight excluding hydrogens is 281 g/mol. The third kappa shape index (κ3) is 2.94. The molecule has 1 N–H and O–H groups in total. The number of carbonyl (C=O) groups is 1. The third-order valence-corrected chi connectivity index (χ3v) is 3.24. The summed E-state index contributed by atoms with van der Waals surface area (Å²) in [7, 11) is 0. The lowest BCUT2D eigenvalue weighted by molar-refractivity contribution is 0.102. The number of carbonyl (C=O) groups excluding carboxylic acids is 1. The minimum atomic E-state index is -0.353. The summed E-state index contributed by atoms with van der Waals surface area (Å²) in [5, 5.41) is 12.2. The van der Waals surface area contributed by atoms with E-state index in [0.29, 0.717) is 20.7 Å². The molecule has 1 heterocycles. The van der Waals surface area contributed by atoms with E-state index < -0.39 is 0 Å². The van der Waals surface area contributed by atoms with Crippen LogP contribution in [0, 0.1) is 6.92 Å². The van der Waals surface area contributed by atoms with Crippen molar-refractivity contribution in [3.63, 3.8) is 0 Å². The Morgan fingerprint density at radius 1 is 1.35 bits per heavy atom. The molecule has 17 heavy (non-hydrogen) atoms. The van der Waals surface area contributed by atoms with Gasteiger partial charge in [-0.3, -0.25) is 10.1 Å². The highest BCUT2D eigenvalue weighted by Gasteiger charge is 2.13. The van der Waals surface area contributed by atoms with Gasteiger partial charge in [0, 0.05) is 5.02 Å². The largest absolute Gasteiger partial charge is 0.296 e. The molecule has 1 aromatic heterocycles. The summed E-state index contributed by atoms with van der Waals surface area (Å²) >= 11 is 13.0. The van der Waals surface area contributed by atoms with Crippen LogP contribution in [0.2, 0.25) is 10.0 Å². The fraction of sp³-hybridized carbons (Fsp3) is 0.100. The second-order valence-corrected chi connectivity index (χ2v) is 5.23. The number of amides is 1. The van der Waals surface area contributed by atoms with E-state index in [0.717, 1.165) is 5.01 Å². The molecule has 0 radical (unpaired) electrons. The normalized spacial score (nSPS) is 10.3. The van der Waals surface area contributed by atoms with Crippen LogP contribution in [0.3, 0.4) is 0 Å². The first-order chi connectivity index (χ1) is 8.06. The predicted octanol–water partition coefficient (Wildman–Crippen LogP) is 3.41. The maximum absolute atomic E-state index is 11.9. The van der Waals surface area contributed by atoms with Gasteiger partial charge >= 0.3 is 0 Å².